The Balaban J connectivity index is 2.42. The molecule has 1 unspecified atom stereocenters. The molecule has 0 bridgehead atoms. The number of rotatable bonds is 4. The van der Waals surface area contributed by atoms with E-state index in [9.17, 15) is 9.59 Å². The molecule has 2 rings (SSSR count). The monoisotopic (exact) mass is 280 g/mol. The Morgan fingerprint density at radius 1 is 1.42 bits per heavy atom. The third-order valence-corrected chi connectivity index (χ3v) is 3.89. The number of aryl methyl sites for hydroxylation is 1. The summed E-state index contributed by atoms with van der Waals surface area (Å²) in [5.74, 6) is -0.309. The molecule has 0 aliphatic heterocycles. The van der Waals surface area contributed by atoms with E-state index in [-0.39, 0.29) is 18.3 Å². The molecule has 4 heteroatoms. The minimum atomic E-state index is -1.09. The molecule has 0 saturated carbocycles. The van der Waals surface area contributed by atoms with Gasteiger partial charge in [0, 0.05) is 11.4 Å². The highest BCUT2D eigenvalue weighted by Crippen LogP contribution is 2.39. The molecule has 1 aliphatic carbocycles. The first-order valence-corrected chi connectivity index (χ1v) is 7.05. The molecule has 1 atom stereocenters. The minimum absolute atomic E-state index is 0.145. The van der Waals surface area contributed by atoms with Crippen LogP contribution in [0.2, 0.25) is 0 Å². The Bertz CT molecular complexity index is 498. The second-order valence-electron chi connectivity index (χ2n) is 4.73. The lowest BCUT2D eigenvalue weighted by Gasteiger charge is -2.33. The van der Waals surface area contributed by atoms with Crippen LogP contribution in [0.1, 0.15) is 35.7 Å². The van der Waals surface area contributed by atoms with Gasteiger partial charge in [0.1, 0.15) is 5.41 Å². The highest BCUT2D eigenvalue weighted by atomic mass is 35.5. The number of ether oxygens (including phenoxy) is 1. The van der Waals surface area contributed by atoms with Gasteiger partial charge >= 0.3 is 5.97 Å². The molecule has 1 aromatic carbocycles. The molecule has 0 spiro atoms. The Hall–Kier alpha value is -1.35. The van der Waals surface area contributed by atoms with Crippen LogP contribution in [-0.2, 0) is 16.0 Å². The lowest BCUT2D eigenvalue weighted by molar-refractivity contribution is -0.153. The van der Waals surface area contributed by atoms with Gasteiger partial charge in [-0.05, 0) is 31.7 Å². The lowest BCUT2D eigenvalue weighted by atomic mass is 9.69. The number of hydrogen-bond acceptors (Lipinski definition) is 3. The van der Waals surface area contributed by atoms with Gasteiger partial charge in [-0.2, -0.15) is 0 Å². The number of carbonyl (C=O) groups is 2. The van der Waals surface area contributed by atoms with E-state index in [4.69, 9.17) is 16.3 Å². The van der Waals surface area contributed by atoms with Crippen LogP contribution >= 0.6 is 11.6 Å². The molecule has 0 radical (unpaired) electrons. The number of carbonyl (C=O) groups excluding carboxylic acids is 2. The predicted octanol–water partition coefficient (Wildman–Crippen LogP) is 2.99. The Labute approximate surface area is 117 Å². The van der Waals surface area contributed by atoms with Gasteiger partial charge in [-0.3, -0.25) is 9.59 Å². The van der Waals surface area contributed by atoms with Gasteiger partial charge in [0.25, 0.3) is 0 Å². The number of esters is 1. The van der Waals surface area contributed by atoms with Crippen molar-refractivity contribution in [1.82, 2.24) is 0 Å². The van der Waals surface area contributed by atoms with Gasteiger partial charge in [0.2, 0.25) is 0 Å². The number of benzene rings is 1. The third kappa shape index (κ3) is 2.39. The van der Waals surface area contributed by atoms with Gasteiger partial charge in [0.05, 0.1) is 6.61 Å². The number of halogens is 1. The summed E-state index contributed by atoms with van der Waals surface area (Å²) in [6.07, 6.45) is 1.52. The summed E-state index contributed by atoms with van der Waals surface area (Å²) in [6.45, 7) is 2.02. The second-order valence-corrected chi connectivity index (χ2v) is 5.11. The maximum atomic E-state index is 12.7. The normalized spacial score (nSPS) is 21.9. The second kappa shape index (κ2) is 5.74. The average Bonchev–Trinajstić information content (AvgIpc) is 2.43. The number of alkyl halides is 1. The first-order chi connectivity index (χ1) is 9.15. The van der Waals surface area contributed by atoms with Crippen molar-refractivity contribution in [3.63, 3.8) is 0 Å². The van der Waals surface area contributed by atoms with E-state index >= 15 is 0 Å². The van der Waals surface area contributed by atoms with E-state index in [2.05, 4.69) is 0 Å². The predicted molar refractivity (Wildman–Crippen MR) is 73.5 cm³/mol. The van der Waals surface area contributed by atoms with Crippen LogP contribution in [0, 0.1) is 5.41 Å². The fourth-order valence-electron chi connectivity index (χ4n) is 2.65. The van der Waals surface area contributed by atoms with Crippen molar-refractivity contribution in [2.45, 2.75) is 26.2 Å². The van der Waals surface area contributed by atoms with E-state index in [1.807, 2.05) is 18.2 Å². The summed E-state index contributed by atoms with van der Waals surface area (Å²) in [4.78, 5) is 24.9. The van der Waals surface area contributed by atoms with Gasteiger partial charge in [-0.15, -0.1) is 11.6 Å². The van der Waals surface area contributed by atoms with E-state index in [0.29, 0.717) is 24.8 Å². The molecule has 0 aromatic heterocycles. The van der Waals surface area contributed by atoms with E-state index in [1.54, 1.807) is 13.0 Å². The van der Waals surface area contributed by atoms with Crippen LogP contribution in [0.3, 0.4) is 0 Å². The molecular weight excluding hydrogens is 264 g/mol. The number of hydrogen-bond donors (Lipinski definition) is 0. The fraction of sp³-hybridized carbons (Fsp3) is 0.467. The van der Waals surface area contributed by atoms with Gasteiger partial charge < -0.3 is 4.74 Å². The maximum absolute atomic E-state index is 12.7. The standard InChI is InChI=1S/C15H17ClO3/c1-2-19-14(18)15(9-10-16)8-7-11-5-3-4-6-12(11)13(15)17/h3-6H,2,7-10H2,1H3. The van der Waals surface area contributed by atoms with Crippen LogP contribution in [0.4, 0.5) is 0 Å². The maximum Gasteiger partial charge on any atom is 0.320 e. The minimum Gasteiger partial charge on any atom is -0.465 e. The van der Waals surface area contributed by atoms with Crippen molar-refractivity contribution < 1.29 is 14.3 Å². The van der Waals surface area contributed by atoms with Gasteiger partial charge in [-0.1, -0.05) is 24.3 Å². The van der Waals surface area contributed by atoms with E-state index < -0.39 is 11.4 Å². The van der Waals surface area contributed by atoms with Crippen molar-refractivity contribution in [3.8, 4) is 0 Å². The lowest BCUT2D eigenvalue weighted by Crippen LogP contribution is -2.44. The Kier molecular flexibility index (Phi) is 4.25. The number of Topliss-reactive ketones (excluding diaryl/α,β-unsaturated/α-hetero) is 1. The smallest absolute Gasteiger partial charge is 0.320 e. The molecule has 102 valence electrons. The quantitative estimate of drug-likeness (QED) is 0.484. The molecule has 0 N–H and O–H groups in total. The summed E-state index contributed by atoms with van der Waals surface area (Å²) < 4.78 is 5.10. The summed E-state index contributed by atoms with van der Waals surface area (Å²) in [5, 5.41) is 0. The average molecular weight is 281 g/mol. The molecular formula is C15H17ClO3. The molecule has 1 aromatic rings. The third-order valence-electron chi connectivity index (χ3n) is 3.71. The SMILES string of the molecule is CCOC(=O)C1(CCCl)CCc2ccccc2C1=O. The largest absolute Gasteiger partial charge is 0.465 e. The topological polar surface area (TPSA) is 43.4 Å². The van der Waals surface area contributed by atoms with Gasteiger partial charge in [-0.25, -0.2) is 0 Å². The first-order valence-electron chi connectivity index (χ1n) is 6.51. The Morgan fingerprint density at radius 2 is 2.16 bits per heavy atom. The molecule has 19 heavy (non-hydrogen) atoms. The van der Waals surface area contributed by atoms with Crippen LogP contribution < -0.4 is 0 Å². The van der Waals surface area contributed by atoms with Crippen molar-refractivity contribution in [2.75, 3.05) is 12.5 Å². The first kappa shape index (κ1) is 14.1. The van der Waals surface area contributed by atoms with Gasteiger partial charge in [0.15, 0.2) is 5.78 Å². The van der Waals surface area contributed by atoms with E-state index in [1.165, 1.54) is 0 Å². The van der Waals surface area contributed by atoms with Crippen molar-refractivity contribution in [3.05, 3.63) is 35.4 Å². The zero-order valence-electron chi connectivity index (χ0n) is 10.9. The number of fused-ring (bicyclic) bond motifs is 1. The van der Waals surface area contributed by atoms with Crippen molar-refractivity contribution >= 4 is 23.4 Å². The molecule has 0 saturated heterocycles. The van der Waals surface area contributed by atoms with Crippen LogP contribution in [0.25, 0.3) is 0 Å². The Morgan fingerprint density at radius 3 is 2.84 bits per heavy atom. The van der Waals surface area contributed by atoms with Crippen LogP contribution in [-0.4, -0.2) is 24.2 Å². The molecule has 0 heterocycles. The highest BCUT2D eigenvalue weighted by Gasteiger charge is 2.49. The van der Waals surface area contributed by atoms with Crippen molar-refractivity contribution in [1.29, 1.82) is 0 Å². The van der Waals surface area contributed by atoms with E-state index in [0.717, 1.165) is 5.56 Å². The zero-order valence-corrected chi connectivity index (χ0v) is 11.7. The van der Waals surface area contributed by atoms with Crippen LogP contribution in [0.15, 0.2) is 24.3 Å². The summed E-state index contributed by atoms with van der Waals surface area (Å²) in [6, 6.07) is 7.44. The summed E-state index contributed by atoms with van der Waals surface area (Å²) in [5.41, 5.74) is 0.542. The highest BCUT2D eigenvalue weighted by molar-refractivity contribution is 6.19. The summed E-state index contributed by atoms with van der Waals surface area (Å²) in [7, 11) is 0. The molecule has 3 nitrogen and oxygen atoms in total. The van der Waals surface area contributed by atoms with Crippen molar-refractivity contribution in [2.24, 2.45) is 5.41 Å². The molecule has 1 aliphatic rings. The number of ketones is 1. The fourth-order valence-corrected chi connectivity index (χ4v) is 2.97. The molecule has 0 fully saturated rings. The summed E-state index contributed by atoms with van der Waals surface area (Å²) >= 11 is 5.80. The zero-order chi connectivity index (χ0) is 13.9. The van der Waals surface area contributed by atoms with Crippen LogP contribution in [0.5, 0.6) is 0 Å². The molecule has 0 amide bonds.